The number of nitrogens with two attached hydrogens (primary N) is 1. The molecule has 2 rings (SSSR count). The van der Waals surface area contributed by atoms with E-state index in [1.807, 2.05) is 13.2 Å². The molecule has 3 N–H and O–H groups in total. The molecule has 0 amide bonds. The van der Waals surface area contributed by atoms with Crippen molar-refractivity contribution in [1.82, 2.24) is 19.6 Å². The Morgan fingerprint density at radius 1 is 1.53 bits per heavy atom. The van der Waals surface area contributed by atoms with Crippen LogP contribution in [0.25, 0.3) is 5.65 Å². The minimum absolute atomic E-state index is 0.0691. The summed E-state index contributed by atoms with van der Waals surface area (Å²) in [5, 5.41) is 12.2. The zero-order valence-electron chi connectivity index (χ0n) is 8.35. The highest BCUT2D eigenvalue weighted by molar-refractivity contribution is 7.98. The molecular weight excluding hydrogens is 212 g/mol. The van der Waals surface area contributed by atoms with Crippen molar-refractivity contribution in [2.45, 2.75) is 11.9 Å². The molecule has 6 nitrogen and oxygen atoms in total. The lowest BCUT2D eigenvalue weighted by atomic mass is 10.4. The summed E-state index contributed by atoms with van der Waals surface area (Å²) in [7, 11) is 0. The lowest BCUT2D eigenvalue weighted by Crippen LogP contribution is -2.15. The highest BCUT2D eigenvalue weighted by Gasteiger charge is 2.10. The summed E-state index contributed by atoms with van der Waals surface area (Å²) < 4.78 is 1.60. The maximum Gasteiger partial charge on any atom is 0.188 e. The van der Waals surface area contributed by atoms with Crippen LogP contribution >= 0.6 is 11.8 Å². The first-order valence-corrected chi connectivity index (χ1v) is 5.46. The highest BCUT2D eigenvalue weighted by Crippen LogP contribution is 2.17. The largest absolute Gasteiger partial charge is 0.382 e. The van der Waals surface area contributed by atoms with Gasteiger partial charge in [0.1, 0.15) is 22.4 Å². The van der Waals surface area contributed by atoms with Crippen molar-refractivity contribution in [2.24, 2.45) is 5.73 Å². The Labute approximate surface area is 90.4 Å². The molecule has 0 saturated heterocycles. The van der Waals surface area contributed by atoms with Crippen LogP contribution in [0.3, 0.4) is 0 Å². The van der Waals surface area contributed by atoms with Crippen LogP contribution in [0.4, 0.5) is 0 Å². The first-order valence-electron chi connectivity index (χ1n) is 4.24. The van der Waals surface area contributed by atoms with E-state index in [4.69, 9.17) is 11.1 Å². The highest BCUT2D eigenvalue weighted by atomic mass is 32.2. The van der Waals surface area contributed by atoms with Gasteiger partial charge in [0.05, 0.1) is 6.20 Å². The number of aromatic nitrogens is 4. The number of nitrogens with one attached hydrogen (secondary N) is 1. The first kappa shape index (κ1) is 9.91. The summed E-state index contributed by atoms with van der Waals surface area (Å²) in [5.74, 6) is 0.605. The molecule has 0 aliphatic rings. The Bertz CT molecular complexity index is 531. The predicted octanol–water partition coefficient (Wildman–Crippen LogP) is 0.439. The smallest absolute Gasteiger partial charge is 0.188 e. The average molecular weight is 222 g/mol. The SMILES string of the molecule is CSc1nc(C(=N)N)cn2nc(C)nc12. The molecule has 15 heavy (non-hydrogen) atoms. The van der Waals surface area contributed by atoms with Crippen LogP contribution in [0.5, 0.6) is 0 Å². The van der Waals surface area contributed by atoms with E-state index in [0.717, 1.165) is 5.03 Å². The second-order valence-electron chi connectivity index (χ2n) is 2.98. The van der Waals surface area contributed by atoms with E-state index in [1.165, 1.54) is 11.8 Å². The van der Waals surface area contributed by atoms with Gasteiger partial charge in [-0.1, -0.05) is 0 Å². The molecule has 2 aromatic heterocycles. The van der Waals surface area contributed by atoms with Crippen LogP contribution in [-0.2, 0) is 0 Å². The molecule has 2 heterocycles. The lowest BCUT2D eigenvalue weighted by Gasteiger charge is -2.02. The summed E-state index contributed by atoms with van der Waals surface area (Å²) >= 11 is 1.46. The number of fused-ring (bicyclic) bond motifs is 1. The standard InChI is InChI=1S/C8H10N6S/c1-4-11-7-8(15-2)12-5(6(9)10)3-14(7)13-4/h3H,1-2H3,(H3,9,10). The Morgan fingerprint density at radius 3 is 2.87 bits per heavy atom. The molecule has 0 aliphatic heterocycles. The normalized spacial score (nSPS) is 10.8. The van der Waals surface area contributed by atoms with E-state index in [1.54, 1.807) is 10.7 Å². The number of thioether (sulfide) groups is 1. The van der Waals surface area contributed by atoms with Gasteiger partial charge in [-0.25, -0.2) is 14.5 Å². The number of nitrogen functional groups attached to an aromatic ring is 1. The number of amidine groups is 1. The second kappa shape index (κ2) is 3.50. The molecule has 0 radical (unpaired) electrons. The van der Waals surface area contributed by atoms with Crippen molar-refractivity contribution >= 4 is 23.2 Å². The molecular formula is C8H10N6S. The monoisotopic (exact) mass is 222 g/mol. The van der Waals surface area contributed by atoms with Gasteiger partial charge in [0.2, 0.25) is 0 Å². The van der Waals surface area contributed by atoms with Crippen LogP contribution in [0.1, 0.15) is 11.5 Å². The van der Waals surface area contributed by atoms with Crippen molar-refractivity contribution in [1.29, 1.82) is 5.41 Å². The van der Waals surface area contributed by atoms with Gasteiger partial charge < -0.3 is 5.73 Å². The Balaban J connectivity index is 2.76. The van der Waals surface area contributed by atoms with Gasteiger partial charge in [-0.05, 0) is 13.2 Å². The van der Waals surface area contributed by atoms with Crippen LogP contribution in [0, 0.1) is 12.3 Å². The maximum absolute atomic E-state index is 7.33. The molecule has 7 heteroatoms. The molecule has 0 aliphatic carbocycles. The summed E-state index contributed by atoms with van der Waals surface area (Å²) in [6, 6.07) is 0. The topological polar surface area (TPSA) is 93.0 Å². The molecule has 0 bridgehead atoms. The average Bonchev–Trinajstić information content (AvgIpc) is 2.56. The third kappa shape index (κ3) is 1.65. The van der Waals surface area contributed by atoms with E-state index in [-0.39, 0.29) is 5.84 Å². The third-order valence-electron chi connectivity index (χ3n) is 1.86. The maximum atomic E-state index is 7.33. The fraction of sp³-hybridized carbons (Fsp3) is 0.250. The quantitative estimate of drug-likeness (QED) is 0.437. The number of rotatable bonds is 2. The Hall–Kier alpha value is -1.63. The van der Waals surface area contributed by atoms with Crippen LogP contribution < -0.4 is 5.73 Å². The number of nitrogens with zero attached hydrogens (tertiary/aromatic N) is 4. The fourth-order valence-corrected chi connectivity index (χ4v) is 1.75. The Kier molecular flexibility index (Phi) is 2.31. The molecule has 0 atom stereocenters. The predicted molar refractivity (Wildman–Crippen MR) is 58.3 cm³/mol. The Morgan fingerprint density at radius 2 is 2.27 bits per heavy atom. The van der Waals surface area contributed by atoms with E-state index >= 15 is 0 Å². The van der Waals surface area contributed by atoms with Gasteiger partial charge >= 0.3 is 0 Å². The van der Waals surface area contributed by atoms with Crippen molar-refractivity contribution in [2.75, 3.05) is 6.26 Å². The van der Waals surface area contributed by atoms with Crippen LogP contribution in [0.15, 0.2) is 11.2 Å². The van der Waals surface area contributed by atoms with Crippen molar-refractivity contribution in [3.63, 3.8) is 0 Å². The molecule has 0 spiro atoms. The van der Waals surface area contributed by atoms with Crippen molar-refractivity contribution in [3.8, 4) is 0 Å². The van der Waals surface area contributed by atoms with Gasteiger partial charge in [-0.15, -0.1) is 11.8 Å². The van der Waals surface area contributed by atoms with Crippen molar-refractivity contribution < 1.29 is 0 Å². The fourth-order valence-electron chi connectivity index (χ4n) is 1.24. The van der Waals surface area contributed by atoms with Gasteiger partial charge in [-0.3, -0.25) is 5.41 Å². The summed E-state index contributed by atoms with van der Waals surface area (Å²) in [4.78, 5) is 8.46. The molecule has 0 aromatic carbocycles. The van der Waals surface area contributed by atoms with Crippen LogP contribution in [0.2, 0.25) is 0 Å². The van der Waals surface area contributed by atoms with E-state index in [9.17, 15) is 0 Å². The second-order valence-corrected chi connectivity index (χ2v) is 3.77. The first-order chi connectivity index (χ1) is 7.11. The minimum atomic E-state index is -0.0691. The minimum Gasteiger partial charge on any atom is -0.382 e. The number of hydrogen-bond donors (Lipinski definition) is 2. The van der Waals surface area contributed by atoms with Gasteiger partial charge in [0.25, 0.3) is 0 Å². The van der Waals surface area contributed by atoms with Gasteiger partial charge in [0.15, 0.2) is 5.65 Å². The van der Waals surface area contributed by atoms with E-state index in [0.29, 0.717) is 17.2 Å². The van der Waals surface area contributed by atoms with Gasteiger partial charge in [0, 0.05) is 0 Å². The molecule has 0 unspecified atom stereocenters. The molecule has 0 saturated carbocycles. The number of hydrogen-bond acceptors (Lipinski definition) is 5. The van der Waals surface area contributed by atoms with E-state index in [2.05, 4.69) is 15.1 Å². The zero-order chi connectivity index (χ0) is 11.0. The third-order valence-corrected chi connectivity index (χ3v) is 2.52. The molecule has 0 fully saturated rings. The summed E-state index contributed by atoms with van der Waals surface area (Å²) in [5.41, 5.74) is 6.50. The van der Waals surface area contributed by atoms with E-state index < -0.39 is 0 Å². The summed E-state index contributed by atoms with van der Waals surface area (Å²) in [6.07, 6.45) is 3.51. The lowest BCUT2D eigenvalue weighted by molar-refractivity contribution is 0.893. The number of aryl methyl sites for hydroxylation is 1. The summed E-state index contributed by atoms with van der Waals surface area (Å²) in [6.45, 7) is 1.81. The van der Waals surface area contributed by atoms with Crippen LogP contribution in [-0.4, -0.2) is 31.7 Å². The zero-order valence-corrected chi connectivity index (χ0v) is 9.17. The van der Waals surface area contributed by atoms with Crippen molar-refractivity contribution in [3.05, 3.63) is 17.7 Å². The molecule has 2 aromatic rings. The molecule has 78 valence electrons. The van der Waals surface area contributed by atoms with Gasteiger partial charge in [-0.2, -0.15) is 5.10 Å².